The van der Waals surface area contributed by atoms with E-state index in [9.17, 15) is 4.79 Å². The summed E-state index contributed by atoms with van der Waals surface area (Å²) in [4.78, 5) is 10.9. The third-order valence-corrected chi connectivity index (χ3v) is 3.40. The van der Waals surface area contributed by atoms with Crippen LogP contribution >= 0.6 is 0 Å². The average molecular weight is 234 g/mol. The molecule has 0 heterocycles. The van der Waals surface area contributed by atoms with E-state index in [0.29, 0.717) is 0 Å². The zero-order chi connectivity index (χ0) is 12.4. The van der Waals surface area contributed by atoms with Gasteiger partial charge < -0.3 is 0 Å². The molecule has 0 atom stereocenters. The van der Waals surface area contributed by atoms with Gasteiger partial charge >= 0.3 is 0 Å². The number of allylic oxidation sites excluding steroid dienone is 1. The van der Waals surface area contributed by atoms with E-state index in [1.165, 1.54) is 16.7 Å². The number of aldehydes is 1. The lowest BCUT2D eigenvalue weighted by molar-refractivity contribution is 0.112. The largest absolute Gasteiger partial charge is 0.298 e. The van der Waals surface area contributed by atoms with Gasteiger partial charge in [-0.2, -0.15) is 0 Å². The SMILES string of the molecule is O=Cc1cccc(C2=CCCc3ccccc32)c1. The Hall–Kier alpha value is -2.15. The Balaban J connectivity index is 2.11. The lowest BCUT2D eigenvalue weighted by Gasteiger charge is -2.18. The van der Waals surface area contributed by atoms with Gasteiger partial charge in [0, 0.05) is 5.56 Å². The third kappa shape index (κ3) is 1.88. The molecule has 0 radical (unpaired) electrons. The highest BCUT2D eigenvalue weighted by atomic mass is 16.1. The predicted octanol–water partition coefficient (Wildman–Crippen LogP) is 3.88. The minimum Gasteiger partial charge on any atom is -0.298 e. The molecular formula is C17H14O. The Morgan fingerprint density at radius 3 is 2.78 bits per heavy atom. The third-order valence-electron chi connectivity index (χ3n) is 3.40. The Kier molecular flexibility index (Phi) is 2.81. The lowest BCUT2D eigenvalue weighted by Crippen LogP contribution is -2.00. The van der Waals surface area contributed by atoms with Gasteiger partial charge in [-0.15, -0.1) is 0 Å². The fourth-order valence-corrected chi connectivity index (χ4v) is 2.54. The Morgan fingerprint density at radius 2 is 1.89 bits per heavy atom. The second-order valence-corrected chi connectivity index (χ2v) is 4.56. The van der Waals surface area contributed by atoms with Crippen LogP contribution in [0, 0.1) is 0 Å². The second kappa shape index (κ2) is 4.61. The Labute approximate surface area is 107 Å². The number of rotatable bonds is 2. The molecule has 3 rings (SSSR count). The van der Waals surface area contributed by atoms with Crippen molar-refractivity contribution in [2.45, 2.75) is 12.8 Å². The van der Waals surface area contributed by atoms with E-state index >= 15 is 0 Å². The van der Waals surface area contributed by atoms with Gasteiger partial charge in [-0.1, -0.05) is 48.5 Å². The number of hydrogen-bond acceptors (Lipinski definition) is 1. The van der Waals surface area contributed by atoms with E-state index in [4.69, 9.17) is 0 Å². The number of aryl methyl sites for hydroxylation is 1. The fraction of sp³-hybridized carbons (Fsp3) is 0.118. The van der Waals surface area contributed by atoms with Gasteiger partial charge in [0.05, 0.1) is 0 Å². The van der Waals surface area contributed by atoms with E-state index in [1.807, 2.05) is 18.2 Å². The van der Waals surface area contributed by atoms with Gasteiger partial charge in [-0.25, -0.2) is 0 Å². The van der Waals surface area contributed by atoms with Crippen LogP contribution in [0.4, 0.5) is 0 Å². The summed E-state index contributed by atoms with van der Waals surface area (Å²) in [6.07, 6.45) is 5.34. The van der Waals surface area contributed by atoms with E-state index in [2.05, 4.69) is 36.4 Å². The minimum atomic E-state index is 0.733. The Bertz CT molecular complexity index is 623. The predicted molar refractivity (Wildman–Crippen MR) is 73.7 cm³/mol. The summed E-state index contributed by atoms with van der Waals surface area (Å²) in [5.41, 5.74) is 5.81. The first-order valence-electron chi connectivity index (χ1n) is 6.22. The molecule has 18 heavy (non-hydrogen) atoms. The van der Waals surface area contributed by atoms with Crippen LogP contribution in [0.15, 0.2) is 54.6 Å². The monoisotopic (exact) mass is 234 g/mol. The summed E-state index contributed by atoms with van der Waals surface area (Å²) in [5, 5.41) is 0. The van der Waals surface area contributed by atoms with E-state index in [-0.39, 0.29) is 0 Å². The molecule has 1 heteroatoms. The molecule has 2 aromatic carbocycles. The standard InChI is InChI=1S/C17H14O/c18-12-13-5-3-8-15(11-13)17-10-4-7-14-6-1-2-9-16(14)17/h1-3,5-6,8-12H,4,7H2. The molecule has 0 aliphatic heterocycles. The van der Waals surface area contributed by atoms with Gasteiger partial charge in [0.25, 0.3) is 0 Å². The summed E-state index contributed by atoms with van der Waals surface area (Å²) in [5.74, 6) is 0. The van der Waals surface area contributed by atoms with Gasteiger partial charge in [-0.3, -0.25) is 4.79 Å². The first-order valence-corrected chi connectivity index (χ1v) is 6.22. The van der Waals surface area contributed by atoms with Crippen molar-refractivity contribution in [1.29, 1.82) is 0 Å². The molecule has 0 fully saturated rings. The van der Waals surface area contributed by atoms with Crippen LogP contribution in [0.1, 0.15) is 33.5 Å². The van der Waals surface area contributed by atoms with Crippen LogP contribution < -0.4 is 0 Å². The lowest BCUT2D eigenvalue weighted by atomic mass is 9.87. The maximum absolute atomic E-state index is 10.9. The zero-order valence-corrected chi connectivity index (χ0v) is 10.1. The summed E-state index contributed by atoms with van der Waals surface area (Å²) in [6, 6.07) is 16.3. The molecule has 0 amide bonds. The highest BCUT2D eigenvalue weighted by Crippen LogP contribution is 2.31. The van der Waals surface area contributed by atoms with Crippen molar-refractivity contribution in [1.82, 2.24) is 0 Å². The molecule has 88 valence electrons. The van der Waals surface area contributed by atoms with Gasteiger partial charge in [-0.05, 0) is 41.2 Å². The second-order valence-electron chi connectivity index (χ2n) is 4.56. The van der Waals surface area contributed by atoms with E-state index in [0.717, 1.165) is 30.3 Å². The molecule has 1 aliphatic carbocycles. The Morgan fingerprint density at radius 1 is 1.00 bits per heavy atom. The quantitative estimate of drug-likeness (QED) is 0.721. The number of hydrogen-bond donors (Lipinski definition) is 0. The van der Waals surface area contributed by atoms with Crippen molar-refractivity contribution in [2.75, 3.05) is 0 Å². The maximum atomic E-state index is 10.9. The van der Waals surface area contributed by atoms with Crippen LogP contribution in [0.3, 0.4) is 0 Å². The highest BCUT2D eigenvalue weighted by Gasteiger charge is 2.13. The first-order chi connectivity index (χ1) is 8.88. The molecule has 0 N–H and O–H groups in total. The number of carbonyl (C=O) groups is 1. The van der Waals surface area contributed by atoms with Crippen molar-refractivity contribution in [3.05, 3.63) is 76.9 Å². The van der Waals surface area contributed by atoms with Gasteiger partial charge in [0.1, 0.15) is 6.29 Å². The maximum Gasteiger partial charge on any atom is 0.150 e. The molecule has 0 unspecified atom stereocenters. The van der Waals surface area contributed by atoms with Crippen LogP contribution in [0.2, 0.25) is 0 Å². The van der Waals surface area contributed by atoms with Crippen LogP contribution in [0.25, 0.3) is 5.57 Å². The molecule has 0 bridgehead atoms. The average Bonchev–Trinajstić information content (AvgIpc) is 2.47. The normalized spacial score (nSPS) is 13.7. The highest BCUT2D eigenvalue weighted by molar-refractivity contribution is 5.85. The molecule has 0 spiro atoms. The van der Waals surface area contributed by atoms with Gasteiger partial charge in [0.2, 0.25) is 0 Å². The van der Waals surface area contributed by atoms with Crippen LogP contribution in [0.5, 0.6) is 0 Å². The van der Waals surface area contributed by atoms with E-state index < -0.39 is 0 Å². The molecular weight excluding hydrogens is 220 g/mol. The molecule has 1 aliphatic rings. The summed E-state index contributed by atoms with van der Waals surface area (Å²) < 4.78 is 0. The number of fused-ring (bicyclic) bond motifs is 1. The summed E-state index contributed by atoms with van der Waals surface area (Å²) >= 11 is 0. The van der Waals surface area contributed by atoms with Crippen molar-refractivity contribution in [3.63, 3.8) is 0 Å². The van der Waals surface area contributed by atoms with Gasteiger partial charge in [0.15, 0.2) is 0 Å². The van der Waals surface area contributed by atoms with Crippen molar-refractivity contribution < 1.29 is 4.79 Å². The van der Waals surface area contributed by atoms with Crippen molar-refractivity contribution in [2.24, 2.45) is 0 Å². The van der Waals surface area contributed by atoms with E-state index in [1.54, 1.807) is 0 Å². The fourth-order valence-electron chi connectivity index (χ4n) is 2.54. The van der Waals surface area contributed by atoms with Crippen molar-refractivity contribution >= 4 is 11.9 Å². The topological polar surface area (TPSA) is 17.1 Å². The summed E-state index contributed by atoms with van der Waals surface area (Å²) in [7, 11) is 0. The van der Waals surface area contributed by atoms with Crippen LogP contribution in [-0.4, -0.2) is 6.29 Å². The first kappa shape index (κ1) is 11.0. The number of benzene rings is 2. The zero-order valence-electron chi connectivity index (χ0n) is 10.1. The molecule has 0 saturated heterocycles. The smallest absolute Gasteiger partial charge is 0.150 e. The van der Waals surface area contributed by atoms with Crippen molar-refractivity contribution in [3.8, 4) is 0 Å². The summed E-state index contributed by atoms with van der Waals surface area (Å²) in [6.45, 7) is 0. The van der Waals surface area contributed by atoms with Crippen LogP contribution in [-0.2, 0) is 6.42 Å². The number of carbonyl (C=O) groups excluding carboxylic acids is 1. The molecule has 0 saturated carbocycles. The molecule has 0 aromatic heterocycles. The minimum absolute atomic E-state index is 0.733. The molecule has 2 aromatic rings. The molecule has 1 nitrogen and oxygen atoms in total.